The maximum absolute atomic E-state index is 11.9. The maximum Gasteiger partial charge on any atom is 0.250 e. The molecule has 1 fully saturated rings. The van der Waals surface area contributed by atoms with E-state index < -0.39 is 5.41 Å². The molecule has 0 atom stereocenters. The zero-order valence-corrected chi connectivity index (χ0v) is 13.1. The molecule has 21 heavy (non-hydrogen) atoms. The smallest absolute Gasteiger partial charge is 0.250 e. The predicted octanol–water partition coefficient (Wildman–Crippen LogP) is 3.65. The van der Waals surface area contributed by atoms with Gasteiger partial charge in [0.05, 0.1) is 17.7 Å². The van der Waals surface area contributed by atoms with Crippen LogP contribution in [0.2, 0.25) is 0 Å². The lowest BCUT2D eigenvalue weighted by Crippen LogP contribution is -2.32. The van der Waals surface area contributed by atoms with Gasteiger partial charge in [-0.25, -0.2) is 0 Å². The van der Waals surface area contributed by atoms with Crippen LogP contribution < -0.4 is 15.2 Å². The van der Waals surface area contributed by atoms with Gasteiger partial charge in [-0.05, 0) is 44.5 Å². The van der Waals surface area contributed by atoms with Crippen molar-refractivity contribution in [3.8, 4) is 5.75 Å². The number of carbonyl (C=O) groups is 1. The fraction of sp³-hybridized carbons (Fsp3) is 0.471. The molecular weight excluding hydrogens is 264 g/mol. The van der Waals surface area contributed by atoms with Crippen molar-refractivity contribution in [2.24, 2.45) is 5.41 Å². The molecule has 0 unspecified atom stereocenters. The van der Waals surface area contributed by atoms with Gasteiger partial charge in [0.2, 0.25) is 5.91 Å². The Bertz CT molecular complexity index is 520. The summed E-state index contributed by atoms with van der Waals surface area (Å²) >= 11 is 0. The van der Waals surface area contributed by atoms with Crippen LogP contribution in [-0.2, 0) is 4.79 Å². The number of nitrogens with zero attached hydrogens (tertiary/aromatic N) is 1. The summed E-state index contributed by atoms with van der Waals surface area (Å²) in [6, 6.07) is 7.71. The second kappa shape index (κ2) is 6.20. The highest BCUT2D eigenvalue weighted by Crippen LogP contribution is 2.36. The Morgan fingerprint density at radius 3 is 2.43 bits per heavy atom. The Morgan fingerprint density at radius 1 is 1.24 bits per heavy atom. The molecule has 0 aliphatic carbocycles. The lowest BCUT2D eigenvalue weighted by Gasteiger charge is -2.21. The van der Waals surface area contributed by atoms with E-state index in [-0.39, 0.29) is 5.91 Å². The average molecular weight is 288 g/mol. The standard InChI is InChI=1S/C17H24N2O2/c1-5-6-7-12-21-15-10-8-14(9-11-15)19-13(2)17(3,4)16(20)18-19/h8-11H,2,5-7,12H2,1,3-4H3,(H,18,20). The number of hydrogen-bond acceptors (Lipinski definition) is 3. The third-order valence-electron chi connectivity index (χ3n) is 3.88. The summed E-state index contributed by atoms with van der Waals surface area (Å²) in [6.07, 6.45) is 3.45. The zero-order valence-electron chi connectivity index (χ0n) is 13.1. The molecular formula is C17H24N2O2. The van der Waals surface area contributed by atoms with Gasteiger partial charge >= 0.3 is 0 Å². The molecule has 114 valence electrons. The highest BCUT2D eigenvalue weighted by molar-refractivity contribution is 5.92. The highest BCUT2D eigenvalue weighted by atomic mass is 16.5. The van der Waals surface area contributed by atoms with E-state index in [1.807, 2.05) is 38.1 Å². The molecule has 1 saturated heterocycles. The lowest BCUT2D eigenvalue weighted by atomic mass is 9.90. The Labute approximate surface area is 126 Å². The van der Waals surface area contributed by atoms with E-state index in [0.29, 0.717) is 0 Å². The van der Waals surface area contributed by atoms with Gasteiger partial charge in [0.15, 0.2) is 0 Å². The Kier molecular flexibility index (Phi) is 4.56. The molecule has 1 heterocycles. The first-order valence-corrected chi connectivity index (χ1v) is 7.50. The van der Waals surface area contributed by atoms with Gasteiger partial charge in [0, 0.05) is 5.70 Å². The fourth-order valence-electron chi connectivity index (χ4n) is 2.17. The number of nitrogens with one attached hydrogen (secondary N) is 1. The highest BCUT2D eigenvalue weighted by Gasteiger charge is 2.42. The molecule has 0 bridgehead atoms. The molecule has 4 nitrogen and oxygen atoms in total. The lowest BCUT2D eigenvalue weighted by molar-refractivity contribution is -0.125. The normalized spacial score (nSPS) is 17.0. The molecule has 1 amide bonds. The van der Waals surface area contributed by atoms with Crippen LogP contribution in [0.5, 0.6) is 5.75 Å². The first-order valence-electron chi connectivity index (χ1n) is 7.50. The van der Waals surface area contributed by atoms with Crippen LogP contribution in [0.4, 0.5) is 5.69 Å². The molecule has 1 N–H and O–H groups in total. The predicted molar refractivity (Wildman–Crippen MR) is 85.0 cm³/mol. The molecule has 0 aromatic heterocycles. The van der Waals surface area contributed by atoms with Crippen LogP contribution in [0.25, 0.3) is 0 Å². The number of ether oxygens (including phenoxy) is 1. The van der Waals surface area contributed by atoms with Gasteiger partial charge in [-0.3, -0.25) is 15.2 Å². The van der Waals surface area contributed by atoms with Crippen LogP contribution in [0.1, 0.15) is 40.0 Å². The van der Waals surface area contributed by atoms with E-state index in [1.165, 1.54) is 12.8 Å². The largest absolute Gasteiger partial charge is 0.494 e. The number of amides is 1. The summed E-state index contributed by atoms with van der Waals surface area (Å²) in [7, 11) is 0. The Balaban J connectivity index is 2.00. The van der Waals surface area contributed by atoms with E-state index in [9.17, 15) is 4.79 Å². The number of hydrazine groups is 1. The molecule has 1 aromatic carbocycles. The maximum atomic E-state index is 11.9. The Hall–Kier alpha value is -1.97. The minimum atomic E-state index is -0.574. The first-order chi connectivity index (χ1) is 9.96. The van der Waals surface area contributed by atoms with Crippen LogP contribution in [0.3, 0.4) is 0 Å². The topological polar surface area (TPSA) is 41.6 Å². The molecule has 4 heteroatoms. The molecule has 2 rings (SSSR count). The summed E-state index contributed by atoms with van der Waals surface area (Å²) in [5, 5.41) is 1.74. The van der Waals surface area contributed by atoms with Crippen LogP contribution in [0.15, 0.2) is 36.5 Å². The number of anilines is 1. The second-order valence-corrected chi connectivity index (χ2v) is 5.90. The molecule has 0 saturated carbocycles. The van der Waals surface area contributed by atoms with Crippen LogP contribution in [0, 0.1) is 5.41 Å². The molecule has 0 spiro atoms. The van der Waals surface area contributed by atoms with Crippen molar-refractivity contribution < 1.29 is 9.53 Å². The number of benzene rings is 1. The fourth-order valence-corrected chi connectivity index (χ4v) is 2.17. The summed E-state index contributed by atoms with van der Waals surface area (Å²) in [5.41, 5.74) is 3.91. The van der Waals surface area contributed by atoms with Crippen molar-refractivity contribution in [3.63, 3.8) is 0 Å². The van der Waals surface area contributed by atoms with Crippen molar-refractivity contribution in [2.45, 2.75) is 40.0 Å². The number of carbonyl (C=O) groups excluding carboxylic acids is 1. The average Bonchev–Trinajstić information content (AvgIpc) is 2.68. The van der Waals surface area contributed by atoms with Crippen molar-refractivity contribution in [1.29, 1.82) is 0 Å². The second-order valence-electron chi connectivity index (χ2n) is 5.90. The van der Waals surface area contributed by atoms with Gasteiger partial charge in [-0.1, -0.05) is 26.3 Å². The van der Waals surface area contributed by atoms with Gasteiger partial charge in [-0.15, -0.1) is 0 Å². The molecule has 1 aromatic rings. The van der Waals surface area contributed by atoms with Crippen molar-refractivity contribution in [2.75, 3.05) is 11.6 Å². The summed E-state index contributed by atoms with van der Waals surface area (Å²) in [4.78, 5) is 11.9. The van der Waals surface area contributed by atoms with E-state index in [1.54, 1.807) is 5.01 Å². The summed E-state index contributed by atoms with van der Waals surface area (Å²) in [6.45, 7) is 10.7. The number of hydrogen-bond donors (Lipinski definition) is 1. The van der Waals surface area contributed by atoms with Gasteiger partial charge in [0.25, 0.3) is 0 Å². The van der Waals surface area contributed by atoms with Crippen molar-refractivity contribution >= 4 is 11.6 Å². The summed E-state index contributed by atoms with van der Waals surface area (Å²) in [5.74, 6) is 0.817. The minimum Gasteiger partial charge on any atom is -0.494 e. The van der Waals surface area contributed by atoms with Crippen LogP contribution in [-0.4, -0.2) is 12.5 Å². The SMILES string of the molecule is C=C1N(c2ccc(OCCCCC)cc2)NC(=O)C1(C)C. The monoisotopic (exact) mass is 288 g/mol. The Morgan fingerprint density at radius 2 is 1.90 bits per heavy atom. The van der Waals surface area contributed by atoms with Crippen molar-refractivity contribution in [3.05, 3.63) is 36.5 Å². The number of rotatable bonds is 6. The third kappa shape index (κ3) is 3.20. The zero-order chi connectivity index (χ0) is 15.5. The number of unbranched alkanes of at least 4 members (excludes halogenated alkanes) is 2. The first kappa shape index (κ1) is 15.4. The molecule has 0 radical (unpaired) electrons. The van der Waals surface area contributed by atoms with Gasteiger partial charge in [-0.2, -0.15) is 0 Å². The summed E-state index contributed by atoms with van der Waals surface area (Å²) < 4.78 is 5.69. The third-order valence-corrected chi connectivity index (χ3v) is 3.88. The van der Waals surface area contributed by atoms with E-state index in [0.717, 1.165) is 30.2 Å². The van der Waals surface area contributed by atoms with E-state index in [4.69, 9.17) is 4.74 Å². The minimum absolute atomic E-state index is 0.0348. The van der Waals surface area contributed by atoms with Gasteiger partial charge in [0.1, 0.15) is 5.75 Å². The van der Waals surface area contributed by atoms with E-state index in [2.05, 4.69) is 18.9 Å². The molecule has 1 aliphatic rings. The van der Waals surface area contributed by atoms with Crippen LogP contribution >= 0.6 is 0 Å². The van der Waals surface area contributed by atoms with Crippen molar-refractivity contribution in [1.82, 2.24) is 5.43 Å². The quantitative estimate of drug-likeness (QED) is 0.812. The van der Waals surface area contributed by atoms with Gasteiger partial charge < -0.3 is 4.74 Å². The molecule has 1 aliphatic heterocycles. The van der Waals surface area contributed by atoms with E-state index >= 15 is 0 Å².